The van der Waals surface area contributed by atoms with Gasteiger partial charge in [0, 0.05) is 6.04 Å². The van der Waals surface area contributed by atoms with E-state index in [9.17, 15) is 0 Å². The Morgan fingerprint density at radius 3 is 1.67 bits per heavy atom. The van der Waals surface area contributed by atoms with Crippen molar-refractivity contribution in [1.29, 1.82) is 0 Å². The van der Waals surface area contributed by atoms with Crippen LogP contribution in [0.15, 0.2) is 0 Å². The summed E-state index contributed by atoms with van der Waals surface area (Å²) >= 11 is 0. The predicted octanol–water partition coefficient (Wildman–Crippen LogP) is 1.77. The molecule has 0 aromatic heterocycles. The lowest BCUT2D eigenvalue weighted by molar-refractivity contribution is 0.305. The van der Waals surface area contributed by atoms with E-state index in [4.69, 9.17) is 5.73 Å². The molecule has 0 spiro atoms. The van der Waals surface area contributed by atoms with Crippen molar-refractivity contribution in [1.82, 2.24) is 0 Å². The van der Waals surface area contributed by atoms with Gasteiger partial charge >= 0.3 is 0 Å². The highest BCUT2D eigenvalue weighted by Gasteiger charge is 2.47. The highest BCUT2D eigenvalue weighted by atomic mass is 14.7. The van der Waals surface area contributed by atoms with Crippen LogP contribution in [0.3, 0.4) is 0 Å². The van der Waals surface area contributed by atoms with Crippen LogP contribution < -0.4 is 5.73 Å². The summed E-state index contributed by atoms with van der Waals surface area (Å²) in [5, 5.41) is 0. The molecule has 1 atom stereocenters. The summed E-state index contributed by atoms with van der Waals surface area (Å²) in [7, 11) is 0. The van der Waals surface area contributed by atoms with Gasteiger partial charge in [-0.3, -0.25) is 0 Å². The zero-order chi connectivity index (χ0) is 7.07. The summed E-state index contributed by atoms with van der Waals surface area (Å²) in [6, 6.07) is 0.400. The first-order valence-electron chi connectivity index (χ1n) is 3.85. The Hall–Kier alpha value is -0.0400. The molecule has 1 saturated carbocycles. The first-order valence-corrected chi connectivity index (χ1v) is 3.85. The van der Waals surface area contributed by atoms with E-state index in [1.165, 1.54) is 12.8 Å². The number of nitrogens with two attached hydrogens (primary N) is 1. The summed E-state index contributed by atoms with van der Waals surface area (Å²) in [5.41, 5.74) is 6.36. The van der Waals surface area contributed by atoms with Crippen LogP contribution in [0, 0.1) is 11.3 Å². The second kappa shape index (κ2) is 1.98. The zero-order valence-electron chi connectivity index (χ0n) is 6.65. The maximum Gasteiger partial charge on any atom is 0.00694 e. The van der Waals surface area contributed by atoms with Gasteiger partial charge in [0.25, 0.3) is 0 Å². The Balaban J connectivity index is 2.52. The SMILES string of the molecule is CC(C)C1(C(C)N)CC1. The molecule has 0 heterocycles. The van der Waals surface area contributed by atoms with Gasteiger partial charge in [-0.25, -0.2) is 0 Å². The molecule has 1 heteroatoms. The maximum atomic E-state index is 5.83. The standard InChI is InChI=1S/C8H17N/c1-6(2)8(4-5-8)7(3)9/h6-7H,4-5,9H2,1-3H3. The summed E-state index contributed by atoms with van der Waals surface area (Å²) in [4.78, 5) is 0. The third kappa shape index (κ3) is 0.983. The average molecular weight is 127 g/mol. The molecule has 1 rings (SSSR count). The van der Waals surface area contributed by atoms with E-state index in [0.717, 1.165) is 5.92 Å². The first-order chi connectivity index (χ1) is 4.09. The Kier molecular flexibility index (Phi) is 1.55. The second-order valence-electron chi connectivity index (χ2n) is 3.68. The van der Waals surface area contributed by atoms with Crippen molar-refractivity contribution < 1.29 is 0 Å². The van der Waals surface area contributed by atoms with E-state index in [1.54, 1.807) is 0 Å². The molecule has 2 N–H and O–H groups in total. The van der Waals surface area contributed by atoms with Gasteiger partial charge in [-0.05, 0) is 31.1 Å². The summed E-state index contributed by atoms with van der Waals surface area (Å²) < 4.78 is 0. The Morgan fingerprint density at radius 1 is 1.22 bits per heavy atom. The van der Waals surface area contributed by atoms with Crippen LogP contribution in [0.2, 0.25) is 0 Å². The quantitative estimate of drug-likeness (QED) is 0.601. The third-order valence-corrected chi connectivity index (χ3v) is 2.88. The Bertz CT molecular complexity index is 91.1. The fraction of sp³-hybridized carbons (Fsp3) is 1.00. The molecule has 1 unspecified atom stereocenters. The van der Waals surface area contributed by atoms with Crippen molar-refractivity contribution in [3.05, 3.63) is 0 Å². The maximum absolute atomic E-state index is 5.83. The smallest absolute Gasteiger partial charge is 0.00694 e. The van der Waals surface area contributed by atoms with Crippen molar-refractivity contribution >= 4 is 0 Å². The van der Waals surface area contributed by atoms with Crippen molar-refractivity contribution in [2.24, 2.45) is 17.1 Å². The largest absolute Gasteiger partial charge is 0.327 e. The molecular formula is C8H17N. The van der Waals surface area contributed by atoms with Crippen LogP contribution in [0.4, 0.5) is 0 Å². The number of hydrogen-bond acceptors (Lipinski definition) is 1. The molecule has 0 radical (unpaired) electrons. The van der Waals surface area contributed by atoms with Gasteiger partial charge in [-0.1, -0.05) is 13.8 Å². The summed E-state index contributed by atoms with van der Waals surface area (Å²) in [5.74, 6) is 0.775. The molecule has 1 fully saturated rings. The van der Waals surface area contributed by atoms with Gasteiger partial charge in [0.05, 0.1) is 0 Å². The molecule has 0 aromatic rings. The topological polar surface area (TPSA) is 26.0 Å². The van der Waals surface area contributed by atoms with Crippen LogP contribution in [0.5, 0.6) is 0 Å². The van der Waals surface area contributed by atoms with E-state index in [2.05, 4.69) is 20.8 Å². The molecule has 0 amide bonds. The minimum absolute atomic E-state index is 0.400. The van der Waals surface area contributed by atoms with E-state index >= 15 is 0 Å². The first kappa shape index (κ1) is 7.07. The van der Waals surface area contributed by atoms with Crippen molar-refractivity contribution in [3.63, 3.8) is 0 Å². The van der Waals surface area contributed by atoms with Crippen LogP contribution >= 0.6 is 0 Å². The third-order valence-electron chi connectivity index (χ3n) is 2.88. The van der Waals surface area contributed by atoms with Crippen LogP contribution in [0.25, 0.3) is 0 Å². The molecule has 54 valence electrons. The van der Waals surface area contributed by atoms with Gasteiger partial charge in [-0.2, -0.15) is 0 Å². The predicted molar refractivity (Wildman–Crippen MR) is 40.2 cm³/mol. The van der Waals surface area contributed by atoms with Gasteiger partial charge in [0.2, 0.25) is 0 Å². The minimum Gasteiger partial charge on any atom is -0.327 e. The van der Waals surface area contributed by atoms with E-state index in [1.807, 2.05) is 0 Å². The summed E-state index contributed by atoms with van der Waals surface area (Å²) in [6.07, 6.45) is 2.70. The Morgan fingerprint density at radius 2 is 1.67 bits per heavy atom. The lowest BCUT2D eigenvalue weighted by Crippen LogP contribution is -2.31. The highest BCUT2D eigenvalue weighted by molar-refractivity contribution is 5.00. The lowest BCUT2D eigenvalue weighted by atomic mass is 9.86. The highest BCUT2D eigenvalue weighted by Crippen LogP contribution is 2.53. The zero-order valence-corrected chi connectivity index (χ0v) is 6.65. The van der Waals surface area contributed by atoms with Crippen LogP contribution in [-0.4, -0.2) is 6.04 Å². The molecule has 0 saturated heterocycles. The van der Waals surface area contributed by atoms with Crippen molar-refractivity contribution in [2.75, 3.05) is 0 Å². The molecule has 0 aromatic carbocycles. The normalized spacial score (nSPS) is 26.3. The lowest BCUT2D eigenvalue weighted by Gasteiger charge is -2.23. The molecule has 0 aliphatic heterocycles. The van der Waals surface area contributed by atoms with Gasteiger partial charge in [-0.15, -0.1) is 0 Å². The Labute approximate surface area is 57.6 Å². The van der Waals surface area contributed by atoms with Gasteiger partial charge in [0.1, 0.15) is 0 Å². The average Bonchev–Trinajstić information content (AvgIpc) is 2.40. The molecule has 1 aliphatic rings. The molecule has 9 heavy (non-hydrogen) atoms. The number of hydrogen-bond donors (Lipinski definition) is 1. The molecule has 1 nitrogen and oxygen atoms in total. The van der Waals surface area contributed by atoms with Crippen LogP contribution in [0.1, 0.15) is 33.6 Å². The van der Waals surface area contributed by atoms with E-state index in [-0.39, 0.29) is 0 Å². The molecule has 1 aliphatic carbocycles. The van der Waals surface area contributed by atoms with Crippen LogP contribution in [-0.2, 0) is 0 Å². The van der Waals surface area contributed by atoms with Gasteiger partial charge < -0.3 is 5.73 Å². The monoisotopic (exact) mass is 127 g/mol. The van der Waals surface area contributed by atoms with E-state index in [0.29, 0.717) is 11.5 Å². The van der Waals surface area contributed by atoms with Crippen molar-refractivity contribution in [2.45, 2.75) is 39.7 Å². The number of rotatable bonds is 2. The second-order valence-corrected chi connectivity index (χ2v) is 3.68. The fourth-order valence-electron chi connectivity index (χ4n) is 1.70. The minimum atomic E-state index is 0.400. The van der Waals surface area contributed by atoms with E-state index < -0.39 is 0 Å². The molecule has 0 bridgehead atoms. The van der Waals surface area contributed by atoms with Crippen molar-refractivity contribution in [3.8, 4) is 0 Å². The van der Waals surface area contributed by atoms with Gasteiger partial charge in [0.15, 0.2) is 0 Å². The fourth-order valence-corrected chi connectivity index (χ4v) is 1.70. The molecular weight excluding hydrogens is 110 g/mol. The summed E-state index contributed by atoms with van der Waals surface area (Å²) in [6.45, 7) is 6.68.